The Hall–Kier alpha value is 0.459. The van der Waals surface area contributed by atoms with Gasteiger partial charge in [-0.05, 0) is 12.1 Å². The van der Waals surface area contributed by atoms with E-state index in [2.05, 4.69) is 17.1 Å². The minimum absolute atomic E-state index is 0. The van der Waals surface area contributed by atoms with Crippen molar-refractivity contribution in [1.82, 2.24) is 4.98 Å². The number of aromatic nitrogens is 1. The molecular weight excluding hydrogens is 288 g/mol. The average molecular weight is 295 g/mol. The van der Waals surface area contributed by atoms with Crippen LogP contribution in [0.2, 0.25) is 0 Å². The molecule has 2 rings (SSSR count). The zero-order valence-electron chi connectivity index (χ0n) is 8.46. The van der Waals surface area contributed by atoms with E-state index in [9.17, 15) is 0 Å². The van der Waals surface area contributed by atoms with Gasteiger partial charge in [-0.3, -0.25) is 4.98 Å². The van der Waals surface area contributed by atoms with Crippen LogP contribution in [0.4, 0.5) is 0 Å². The molecule has 1 heterocycles. The Bertz CT molecular complexity index is 337. The first-order valence-corrected chi connectivity index (χ1v) is 4.91. The molecule has 0 aliphatic carbocycles. The zero-order chi connectivity index (χ0) is 10.4. The second-order valence-electron chi connectivity index (χ2n) is 2.42. The Balaban J connectivity index is 0. The van der Waals surface area contributed by atoms with Crippen LogP contribution in [0.15, 0.2) is 42.6 Å². The monoisotopic (exact) mass is 294 g/mol. The van der Waals surface area contributed by atoms with Crippen LogP contribution in [0.1, 0.15) is 0 Å². The number of hydrogen-bond donors (Lipinski definition) is 0. The molecule has 0 aliphatic heterocycles. The van der Waals surface area contributed by atoms with Crippen molar-refractivity contribution in [3.63, 3.8) is 0 Å². The molecule has 7 heteroatoms. The quantitative estimate of drug-likeness (QED) is 0.373. The van der Waals surface area contributed by atoms with E-state index in [-0.39, 0.29) is 46.6 Å². The van der Waals surface area contributed by atoms with Crippen molar-refractivity contribution >= 4 is 19.5 Å². The maximum Gasteiger partial charge on any atom is 2.00 e. The molecule has 0 fully saturated rings. The van der Waals surface area contributed by atoms with Gasteiger partial charge in [0.25, 0.3) is 0 Å². The molecule has 16 heavy (non-hydrogen) atoms. The predicted octanol–water partition coefficient (Wildman–Crippen LogP) is -3.47. The summed E-state index contributed by atoms with van der Waals surface area (Å²) in [7, 11) is -3.37. The fraction of sp³-hybridized carbons (Fsp3) is 0. The van der Waals surface area contributed by atoms with Gasteiger partial charge in [0.2, 0.25) is 0 Å². The van der Waals surface area contributed by atoms with Gasteiger partial charge in [-0.25, -0.2) is 0 Å². The van der Waals surface area contributed by atoms with Crippen LogP contribution in [-0.2, 0) is 17.1 Å². The largest absolute Gasteiger partial charge is 2.00 e. The molecule has 4 nitrogen and oxygen atoms in total. The molecule has 1 aromatic heterocycles. The third-order valence-corrected chi connectivity index (χ3v) is 1.51. The van der Waals surface area contributed by atoms with E-state index in [4.69, 9.17) is 14.7 Å². The first-order chi connectivity index (χ1) is 6.70. The molecular formula is C9H7CuNNaO3P. The molecule has 0 unspecified atom stereocenters. The molecule has 0 amide bonds. The Morgan fingerprint density at radius 1 is 0.938 bits per heavy atom. The van der Waals surface area contributed by atoms with Crippen LogP contribution in [0, 0.1) is 0 Å². The van der Waals surface area contributed by atoms with Crippen molar-refractivity contribution in [2.75, 3.05) is 0 Å². The van der Waals surface area contributed by atoms with Gasteiger partial charge in [0.05, 0.1) is 5.52 Å². The van der Waals surface area contributed by atoms with E-state index in [1.165, 1.54) is 5.39 Å². The first kappa shape index (κ1) is 18.8. The normalized spacial score (nSPS) is 8.50. The van der Waals surface area contributed by atoms with Crippen molar-refractivity contribution in [3.05, 3.63) is 42.6 Å². The topological polar surface area (TPSA) is 82.1 Å². The number of benzene rings is 1. The molecule has 0 atom stereocenters. The van der Waals surface area contributed by atoms with Gasteiger partial charge in [-0.1, -0.05) is 24.3 Å². The molecule has 0 saturated heterocycles. The van der Waals surface area contributed by atoms with Crippen molar-refractivity contribution in [2.24, 2.45) is 0 Å². The van der Waals surface area contributed by atoms with Gasteiger partial charge in [0, 0.05) is 11.6 Å². The summed E-state index contributed by atoms with van der Waals surface area (Å²) >= 11 is 0. The van der Waals surface area contributed by atoms with E-state index in [0.29, 0.717) is 0 Å². The van der Waals surface area contributed by atoms with Gasteiger partial charge in [-0.2, -0.15) is 0 Å². The SMILES string of the molecule is [Cu+2].[Na+].[O-]P([O-])[O-].c1ccc2ncccc2c1. The van der Waals surface area contributed by atoms with E-state index < -0.39 is 8.60 Å². The van der Waals surface area contributed by atoms with Gasteiger partial charge < -0.3 is 23.3 Å². The van der Waals surface area contributed by atoms with Gasteiger partial charge in [-0.15, -0.1) is 0 Å². The number of rotatable bonds is 0. The fourth-order valence-corrected chi connectivity index (χ4v) is 1.02. The summed E-state index contributed by atoms with van der Waals surface area (Å²) in [6, 6.07) is 12.1. The van der Waals surface area contributed by atoms with Gasteiger partial charge >= 0.3 is 46.6 Å². The van der Waals surface area contributed by atoms with Crippen molar-refractivity contribution in [1.29, 1.82) is 0 Å². The second-order valence-corrected chi connectivity index (χ2v) is 2.87. The minimum atomic E-state index is -3.37. The number of pyridine rings is 1. The summed E-state index contributed by atoms with van der Waals surface area (Å²) in [6.07, 6.45) is 1.81. The smallest absolute Gasteiger partial charge is 0.854 e. The van der Waals surface area contributed by atoms with Crippen molar-refractivity contribution < 1.29 is 61.3 Å². The van der Waals surface area contributed by atoms with Crippen LogP contribution in [0.5, 0.6) is 0 Å². The summed E-state index contributed by atoms with van der Waals surface area (Å²) < 4.78 is 0. The predicted molar refractivity (Wildman–Crippen MR) is 48.7 cm³/mol. The molecule has 0 aliphatic rings. The zero-order valence-corrected chi connectivity index (χ0v) is 12.3. The Labute approximate surface area is 127 Å². The summed E-state index contributed by atoms with van der Waals surface area (Å²) in [4.78, 5) is 29.6. The van der Waals surface area contributed by atoms with Gasteiger partial charge in [0.1, 0.15) is 0 Å². The van der Waals surface area contributed by atoms with Crippen molar-refractivity contribution in [3.8, 4) is 0 Å². The molecule has 0 spiro atoms. The summed E-state index contributed by atoms with van der Waals surface area (Å²) in [5.74, 6) is 0. The minimum Gasteiger partial charge on any atom is -0.854 e. The van der Waals surface area contributed by atoms with Crippen LogP contribution in [0.3, 0.4) is 0 Å². The third kappa shape index (κ3) is 7.69. The molecule has 2 aromatic rings. The Morgan fingerprint density at radius 3 is 2.00 bits per heavy atom. The third-order valence-electron chi connectivity index (χ3n) is 1.51. The Kier molecular flexibility index (Phi) is 12.5. The maximum atomic E-state index is 8.48. The number of hydrogen-bond acceptors (Lipinski definition) is 4. The average Bonchev–Trinajstić information content (AvgIpc) is 2.17. The van der Waals surface area contributed by atoms with E-state index >= 15 is 0 Å². The number of fused-ring (bicyclic) bond motifs is 1. The van der Waals surface area contributed by atoms with Crippen LogP contribution >= 0.6 is 8.60 Å². The van der Waals surface area contributed by atoms with Crippen LogP contribution in [-0.4, -0.2) is 4.98 Å². The Morgan fingerprint density at radius 2 is 1.44 bits per heavy atom. The van der Waals surface area contributed by atoms with Crippen LogP contribution < -0.4 is 44.2 Å². The molecule has 0 saturated carbocycles. The standard InChI is InChI=1S/C9H7N.Cu.Na.O3P/c1-2-6-9-8(4-1)5-3-7-10-9;;;1-4(2)3/h1-7H;;;/q;+2;+1;-3. The molecule has 83 valence electrons. The first-order valence-electron chi connectivity index (χ1n) is 3.81. The van der Waals surface area contributed by atoms with Crippen LogP contribution in [0.25, 0.3) is 10.9 Å². The van der Waals surface area contributed by atoms with Gasteiger partial charge in [0.15, 0.2) is 0 Å². The molecule has 1 aromatic carbocycles. The second kappa shape index (κ2) is 10.6. The van der Waals surface area contributed by atoms with Crippen molar-refractivity contribution in [2.45, 2.75) is 0 Å². The molecule has 0 bridgehead atoms. The molecule has 1 radical (unpaired) electrons. The summed E-state index contributed by atoms with van der Waals surface area (Å²) in [5, 5.41) is 1.20. The summed E-state index contributed by atoms with van der Waals surface area (Å²) in [5.41, 5.74) is 1.06. The number of nitrogens with zero attached hydrogens (tertiary/aromatic N) is 1. The molecule has 0 N–H and O–H groups in total. The fourth-order valence-electron chi connectivity index (χ4n) is 1.02. The summed E-state index contributed by atoms with van der Waals surface area (Å²) in [6.45, 7) is 0. The van der Waals surface area contributed by atoms with E-state index in [1.807, 2.05) is 30.5 Å². The number of para-hydroxylation sites is 1. The maximum absolute atomic E-state index is 8.48. The van der Waals surface area contributed by atoms with E-state index in [1.54, 1.807) is 0 Å². The van der Waals surface area contributed by atoms with E-state index in [0.717, 1.165) is 5.52 Å².